The zero-order valence-corrected chi connectivity index (χ0v) is 14.2. The van der Waals surface area contributed by atoms with E-state index in [1.807, 2.05) is 0 Å². The van der Waals surface area contributed by atoms with Gasteiger partial charge in [0.25, 0.3) is 5.91 Å². The lowest BCUT2D eigenvalue weighted by atomic mass is 10.0. The molecule has 25 heavy (non-hydrogen) atoms. The number of nitrogens with one attached hydrogen (secondary N) is 1. The molecule has 0 saturated carbocycles. The Balaban J connectivity index is 1.86. The second kappa shape index (κ2) is 7.46. The fourth-order valence-electron chi connectivity index (χ4n) is 2.43. The van der Waals surface area contributed by atoms with Crippen molar-refractivity contribution in [3.63, 3.8) is 0 Å². The van der Waals surface area contributed by atoms with Crippen LogP contribution in [0.5, 0.6) is 0 Å². The van der Waals surface area contributed by atoms with E-state index in [1.54, 1.807) is 55.7 Å². The molecule has 3 rings (SSSR count). The predicted molar refractivity (Wildman–Crippen MR) is 93.0 cm³/mol. The average Bonchev–Trinajstić information content (AvgIpc) is 3.06. The number of carbonyl (C=O) groups excluding carboxylic acids is 1. The molecule has 2 aromatic heterocycles. The first kappa shape index (κ1) is 17.1. The molecule has 128 valence electrons. The molecule has 0 aliphatic heterocycles. The Hall–Kier alpha value is -2.70. The van der Waals surface area contributed by atoms with Crippen molar-refractivity contribution in [1.82, 2.24) is 15.5 Å². The summed E-state index contributed by atoms with van der Waals surface area (Å²) in [5.41, 5.74) is 2.37. The number of hydrogen-bond acceptors (Lipinski definition) is 5. The van der Waals surface area contributed by atoms with Crippen LogP contribution in [-0.2, 0) is 6.54 Å². The van der Waals surface area contributed by atoms with E-state index in [2.05, 4.69) is 15.5 Å². The first-order valence-corrected chi connectivity index (χ1v) is 8.04. The number of carbonyl (C=O) groups is 1. The monoisotopic (exact) mass is 357 g/mol. The molecule has 1 atom stereocenters. The predicted octanol–water partition coefficient (Wildman–Crippen LogP) is 3.37. The van der Waals surface area contributed by atoms with Crippen molar-refractivity contribution in [3.05, 3.63) is 70.7 Å². The third-order valence-corrected chi connectivity index (χ3v) is 3.92. The van der Waals surface area contributed by atoms with E-state index in [9.17, 15) is 9.90 Å². The van der Waals surface area contributed by atoms with Gasteiger partial charge in [0.2, 0.25) is 5.76 Å². The minimum absolute atomic E-state index is 0.00555. The summed E-state index contributed by atoms with van der Waals surface area (Å²) in [5, 5.41) is 17.4. The SMILES string of the molecule is C[C@H](O)c1c(-c2ccc(Cl)cc2)noc1C(=O)NCc1ccncc1. The lowest BCUT2D eigenvalue weighted by Crippen LogP contribution is -2.23. The summed E-state index contributed by atoms with van der Waals surface area (Å²) in [6.07, 6.45) is 2.38. The van der Waals surface area contributed by atoms with Crippen LogP contribution < -0.4 is 5.32 Å². The van der Waals surface area contributed by atoms with Crippen LogP contribution in [0.15, 0.2) is 53.3 Å². The van der Waals surface area contributed by atoms with Crippen molar-refractivity contribution >= 4 is 17.5 Å². The standard InChI is InChI=1S/C18H16ClN3O3/c1-11(23)15-16(13-2-4-14(19)5-3-13)22-25-17(15)18(24)21-10-12-6-8-20-9-7-12/h2-9,11,23H,10H2,1H3,(H,21,24)/t11-/m0/s1. The van der Waals surface area contributed by atoms with Crippen molar-refractivity contribution < 1.29 is 14.4 Å². The first-order chi connectivity index (χ1) is 12.1. The summed E-state index contributed by atoms with van der Waals surface area (Å²) in [7, 11) is 0. The molecule has 0 radical (unpaired) electrons. The minimum Gasteiger partial charge on any atom is -0.388 e. The van der Waals surface area contributed by atoms with Crippen molar-refractivity contribution in [2.75, 3.05) is 0 Å². The van der Waals surface area contributed by atoms with E-state index in [1.165, 1.54) is 0 Å². The molecule has 0 saturated heterocycles. The molecule has 0 aliphatic carbocycles. The Morgan fingerprint density at radius 3 is 2.56 bits per heavy atom. The van der Waals surface area contributed by atoms with Gasteiger partial charge in [-0.15, -0.1) is 0 Å². The van der Waals surface area contributed by atoms with Gasteiger partial charge >= 0.3 is 0 Å². The largest absolute Gasteiger partial charge is 0.388 e. The van der Waals surface area contributed by atoms with Crippen LogP contribution in [0.4, 0.5) is 0 Å². The number of aliphatic hydroxyl groups excluding tert-OH is 1. The molecule has 0 unspecified atom stereocenters. The van der Waals surface area contributed by atoms with E-state index in [0.29, 0.717) is 28.4 Å². The maximum Gasteiger partial charge on any atom is 0.290 e. The summed E-state index contributed by atoms with van der Waals surface area (Å²) in [6.45, 7) is 1.88. The maximum absolute atomic E-state index is 12.4. The van der Waals surface area contributed by atoms with Crippen LogP contribution >= 0.6 is 11.6 Å². The maximum atomic E-state index is 12.4. The van der Waals surface area contributed by atoms with Gasteiger partial charge in [0.05, 0.1) is 11.7 Å². The van der Waals surface area contributed by atoms with E-state index in [4.69, 9.17) is 16.1 Å². The zero-order valence-electron chi connectivity index (χ0n) is 13.4. The Kier molecular flexibility index (Phi) is 5.11. The molecule has 0 spiro atoms. The van der Waals surface area contributed by atoms with Gasteiger partial charge in [-0.2, -0.15) is 0 Å². The highest BCUT2D eigenvalue weighted by Crippen LogP contribution is 2.31. The molecule has 1 amide bonds. The smallest absolute Gasteiger partial charge is 0.290 e. The molecule has 6 nitrogen and oxygen atoms in total. The lowest BCUT2D eigenvalue weighted by Gasteiger charge is -2.08. The molecule has 0 aliphatic rings. The summed E-state index contributed by atoms with van der Waals surface area (Å²) in [5.74, 6) is -0.450. The Morgan fingerprint density at radius 1 is 1.24 bits per heavy atom. The van der Waals surface area contributed by atoms with Crippen LogP contribution in [-0.4, -0.2) is 21.2 Å². The molecule has 0 bridgehead atoms. The number of benzene rings is 1. The zero-order chi connectivity index (χ0) is 17.8. The lowest BCUT2D eigenvalue weighted by molar-refractivity contribution is 0.0905. The minimum atomic E-state index is -0.918. The van der Waals surface area contributed by atoms with Gasteiger partial charge in [0, 0.05) is 29.5 Å². The van der Waals surface area contributed by atoms with Gasteiger partial charge in [0.1, 0.15) is 5.69 Å². The van der Waals surface area contributed by atoms with Crippen LogP contribution in [0.2, 0.25) is 5.02 Å². The normalized spacial score (nSPS) is 12.0. The summed E-state index contributed by atoms with van der Waals surface area (Å²) in [6, 6.07) is 10.5. The molecule has 7 heteroatoms. The molecule has 0 fully saturated rings. The van der Waals surface area contributed by atoms with Gasteiger partial charge in [-0.3, -0.25) is 9.78 Å². The van der Waals surface area contributed by atoms with Gasteiger partial charge in [0.15, 0.2) is 0 Å². The van der Waals surface area contributed by atoms with E-state index in [0.717, 1.165) is 5.56 Å². The van der Waals surface area contributed by atoms with Gasteiger partial charge in [-0.25, -0.2) is 0 Å². The highest BCUT2D eigenvalue weighted by atomic mass is 35.5. The number of rotatable bonds is 5. The number of pyridine rings is 1. The molecule has 2 heterocycles. The van der Waals surface area contributed by atoms with Crippen LogP contribution in [0.1, 0.15) is 34.7 Å². The Morgan fingerprint density at radius 2 is 1.92 bits per heavy atom. The van der Waals surface area contributed by atoms with Crippen molar-refractivity contribution in [1.29, 1.82) is 0 Å². The van der Waals surface area contributed by atoms with Crippen LogP contribution in [0.3, 0.4) is 0 Å². The number of nitrogens with zero attached hydrogens (tertiary/aromatic N) is 2. The average molecular weight is 358 g/mol. The number of halogens is 1. The Bertz CT molecular complexity index is 861. The topological polar surface area (TPSA) is 88.2 Å². The first-order valence-electron chi connectivity index (χ1n) is 7.67. The van der Waals surface area contributed by atoms with E-state index in [-0.39, 0.29) is 5.76 Å². The van der Waals surface area contributed by atoms with Gasteiger partial charge in [-0.05, 0) is 36.8 Å². The fraction of sp³-hybridized carbons (Fsp3) is 0.167. The Labute approximate surface area is 149 Å². The number of aliphatic hydroxyl groups is 1. The van der Waals surface area contributed by atoms with Crippen molar-refractivity contribution in [2.24, 2.45) is 0 Å². The highest BCUT2D eigenvalue weighted by molar-refractivity contribution is 6.30. The van der Waals surface area contributed by atoms with Crippen LogP contribution in [0, 0.1) is 0 Å². The number of aromatic nitrogens is 2. The molecule has 2 N–H and O–H groups in total. The second-order valence-corrected chi connectivity index (χ2v) is 5.93. The molecule has 3 aromatic rings. The number of amides is 1. The molecular weight excluding hydrogens is 342 g/mol. The summed E-state index contributed by atoms with van der Waals surface area (Å²) >= 11 is 5.89. The second-order valence-electron chi connectivity index (χ2n) is 5.49. The van der Waals surface area contributed by atoms with Gasteiger partial charge in [-0.1, -0.05) is 28.9 Å². The van der Waals surface area contributed by atoms with E-state index < -0.39 is 12.0 Å². The third-order valence-electron chi connectivity index (χ3n) is 3.67. The van der Waals surface area contributed by atoms with Crippen molar-refractivity contribution in [3.8, 4) is 11.3 Å². The molecule has 1 aromatic carbocycles. The van der Waals surface area contributed by atoms with E-state index >= 15 is 0 Å². The quantitative estimate of drug-likeness (QED) is 0.730. The van der Waals surface area contributed by atoms with Crippen molar-refractivity contribution in [2.45, 2.75) is 19.6 Å². The summed E-state index contributed by atoms with van der Waals surface area (Å²) in [4.78, 5) is 16.4. The fourth-order valence-corrected chi connectivity index (χ4v) is 2.55. The summed E-state index contributed by atoms with van der Waals surface area (Å²) < 4.78 is 5.22. The highest BCUT2D eigenvalue weighted by Gasteiger charge is 2.26. The molecular formula is C18H16ClN3O3. The van der Waals surface area contributed by atoms with Crippen LogP contribution in [0.25, 0.3) is 11.3 Å². The number of hydrogen-bond donors (Lipinski definition) is 2. The third kappa shape index (κ3) is 3.87. The van der Waals surface area contributed by atoms with Gasteiger partial charge < -0.3 is 14.9 Å².